The standard InChI is InChI=1S/C25H25N3O4/c26-10-12-31-19-5-3-4-18(15-19)20-9-8-17(14-23(20)32-13-11-27)16-28-24(29)21-6-1-2-7-22(21)25(28)30/h1-9,14-15H,10-13,16,26-27H2. The average molecular weight is 431 g/mol. The summed E-state index contributed by atoms with van der Waals surface area (Å²) in [7, 11) is 0. The summed E-state index contributed by atoms with van der Waals surface area (Å²) < 4.78 is 11.5. The largest absolute Gasteiger partial charge is 0.492 e. The summed E-state index contributed by atoms with van der Waals surface area (Å²) in [6.45, 7) is 1.72. The number of carbonyl (C=O) groups is 2. The zero-order chi connectivity index (χ0) is 22.5. The van der Waals surface area contributed by atoms with Crippen molar-refractivity contribution < 1.29 is 19.1 Å². The Labute approximate surface area is 186 Å². The van der Waals surface area contributed by atoms with Gasteiger partial charge in [-0.05, 0) is 41.5 Å². The van der Waals surface area contributed by atoms with Crippen LogP contribution < -0.4 is 20.9 Å². The van der Waals surface area contributed by atoms with E-state index in [4.69, 9.17) is 20.9 Å². The Balaban J connectivity index is 1.62. The number of hydrogen-bond acceptors (Lipinski definition) is 6. The Morgan fingerprint density at radius 3 is 2.09 bits per heavy atom. The van der Waals surface area contributed by atoms with Crippen molar-refractivity contribution in [1.29, 1.82) is 0 Å². The molecule has 0 aliphatic carbocycles. The zero-order valence-corrected chi connectivity index (χ0v) is 17.6. The molecule has 1 heterocycles. The van der Waals surface area contributed by atoms with Gasteiger partial charge in [0, 0.05) is 18.7 Å². The number of hydrogen-bond donors (Lipinski definition) is 2. The normalized spacial score (nSPS) is 12.8. The molecule has 3 aromatic carbocycles. The van der Waals surface area contributed by atoms with Gasteiger partial charge in [0.2, 0.25) is 0 Å². The second-order valence-corrected chi connectivity index (χ2v) is 7.37. The molecule has 3 aromatic rings. The van der Waals surface area contributed by atoms with Crippen molar-refractivity contribution in [3.63, 3.8) is 0 Å². The summed E-state index contributed by atoms with van der Waals surface area (Å²) >= 11 is 0. The van der Waals surface area contributed by atoms with E-state index in [0.29, 0.717) is 48.9 Å². The van der Waals surface area contributed by atoms with Crippen LogP contribution in [0.1, 0.15) is 26.3 Å². The summed E-state index contributed by atoms with van der Waals surface area (Å²) in [5.74, 6) is 0.765. The maximum Gasteiger partial charge on any atom is 0.261 e. The summed E-state index contributed by atoms with van der Waals surface area (Å²) in [5.41, 5.74) is 14.6. The molecule has 32 heavy (non-hydrogen) atoms. The van der Waals surface area contributed by atoms with Gasteiger partial charge in [0.05, 0.1) is 17.7 Å². The molecule has 0 fully saturated rings. The fourth-order valence-corrected chi connectivity index (χ4v) is 3.69. The Morgan fingerprint density at radius 1 is 0.719 bits per heavy atom. The highest BCUT2D eigenvalue weighted by atomic mass is 16.5. The minimum absolute atomic E-state index is 0.158. The molecule has 0 bridgehead atoms. The third-order valence-electron chi connectivity index (χ3n) is 5.17. The van der Waals surface area contributed by atoms with Crippen LogP contribution in [-0.4, -0.2) is 43.0 Å². The van der Waals surface area contributed by atoms with Crippen molar-refractivity contribution in [3.05, 3.63) is 83.4 Å². The number of nitrogens with two attached hydrogens (primary N) is 2. The predicted molar refractivity (Wildman–Crippen MR) is 122 cm³/mol. The van der Waals surface area contributed by atoms with Crippen molar-refractivity contribution in [2.75, 3.05) is 26.3 Å². The predicted octanol–water partition coefficient (Wildman–Crippen LogP) is 2.82. The van der Waals surface area contributed by atoms with Gasteiger partial charge >= 0.3 is 0 Å². The van der Waals surface area contributed by atoms with E-state index in [-0.39, 0.29) is 18.4 Å². The van der Waals surface area contributed by atoms with Crippen LogP contribution in [0, 0.1) is 0 Å². The number of amides is 2. The van der Waals surface area contributed by atoms with Crippen LogP contribution >= 0.6 is 0 Å². The number of benzene rings is 3. The Hall–Kier alpha value is -3.68. The maximum absolute atomic E-state index is 12.7. The third kappa shape index (κ3) is 4.34. The number of fused-ring (bicyclic) bond motifs is 1. The second kappa shape index (κ2) is 9.64. The number of imide groups is 1. The first-order chi connectivity index (χ1) is 15.6. The molecular formula is C25H25N3O4. The molecule has 1 aliphatic heterocycles. The van der Waals surface area contributed by atoms with Gasteiger partial charge < -0.3 is 20.9 Å². The molecule has 0 saturated heterocycles. The van der Waals surface area contributed by atoms with Crippen molar-refractivity contribution in [1.82, 2.24) is 4.90 Å². The first kappa shape index (κ1) is 21.5. The van der Waals surface area contributed by atoms with Gasteiger partial charge in [-0.1, -0.05) is 36.4 Å². The molecule has 164 valence electrons. The van der Waals surface area contributed by atoms with E-state index in [1.807, 2.05) is 42.5 Å². The minimum Gasteiger partial charge on any atom is -0.492 e. The van der Waals surface area contributed by atoms with Gasteiger partial charge in [-0.25, -0.2) is 0 Å². The van der Waals surface area contributed by atoms with Crippen molar-refractivity contribution in [3.8, 4) is 22.6 Å². The molecule has 4 rings (SSSR count). The van der Waals surface area contributed by atoms with Crippen LogP contribution in [0.2, 0.25) is 0 Å². The molecule has 0 saturated carbocycles. The number of ether oxygens (including phenoxy) is 2. The van der Waals surface area contributed by atoms with Crippen LogP contribution in [0.25, 0.3) is 11.1 Å². The Bertz CT molecular complexity index is 1110. The SMILES string of the molecule is NCCOc1cccc(-c2ccc(CN3C(=O)c4ccccc4C3=O)cc2OCCN)c1. The summed E-state index contributed by atoms with van der Waals surface area (Å²) in [6.07, 6.45) is 0. The molecule has 0 radical (unpaired) electrons. The monoisotopic (exact) mass is 431 g/mol. The molecule has 7 heteroatoms. The lowest BCUT2D eigenvalue weighted by atomic mass is 10.0. The maximum atomic E-state index is 12.7. The smallest absolute Gasteiger partial charge is 0.261 e. The van der Waals surface area contributed by atoms with E-state index in [0.717, 1.165) is 16.7 Å². The topological polar surface area (TPSA) is 108 Å². The fourth-order valence-electron chi connectivity index (χ4n) is 3.69. The lowest BCUT2D eigenvalue weighted by molar-refractivity contribution is 0.0642. The van der Waals surface area contributed by atoms with E-state index < -0.39 is 0 Å². The van der Waals surface area contributed by atoms with Crippen molar-refractivity contribution in [2.45, 2.75) is 6.54 Å². The van der Waals surface area contributed by atoms with Gasteiger partial charge in [0.15, 0.2) is 0 Å². The van der Waals surface area contributed by atoms with Crippen molar-refractivity contribution >= 4 is 11.8 Å². The average Bonchev–Trinajstić information content (AvgIpc) is 3.06. The minimum atomic E-state index is -0.288. The molecule has 0 unspecified atom stereocenters. The quantitative estimate of drug-likeness (QED) is 0.505. The Kier molecular flexibility index (Phi) is 6.49. The number of carbonyl (C=O) groups excluding carboxylic acids is 2. The molecule has 0 atom stereocenters. The van der Waals surface area contributed by atoms with Gasteiger partial charge in [0.1, 0.15) is 24.7 Å². The van der Waals surface area contributed by atoms with Crippen LogP contribution in [-0.2, 0) is 6.54 Å². The molecular weight excluding hydrogens is 406 g/mol. The molecule has 7 nitrogen and oxygen atoms in total. The summed E-state index contributed by atoms with van der Waals surface area (Å²) in [4.78, 5) is 26.7. The Morgan fingerprint density at radius 2 is 1.41 bits per heavy atom. The number of rotatable bonds is 9. The van der Waals surface area contributed by atoms with E-state index in [2.05, 4.69) is 0 Å². The van der Waals surface area contributed by atoms with Crippen LogP contribution in [0.5, 0.6) is 11.5 Å². The summed E-state index contributed by atoms with van der Waals surface area (Å²) in [6, 6.07) is 20.2. The highest BCUT2D eigenvalue weighted by molar-refractivity contribution is 6.21. The first-order valence-corrected chi connectivity index (χ1v) is 10.5. The van der Waals surface area contributed by atoms with Gasteiger partial charge in [-0.2, -0.15) is 0 Å². The van der Waals surface area contributed by atoms with Crippen LogP contribution in [0.4, 0.5) is 0 Å². The highest BCUT2D eigenvalue weighted by Gasteiger charge is 2.35. The van der Waals surface area contributed by atoms with Gasteiger partial charge in [-0.3, -0.25) is 14.5 Å². The highest BCUT2D eigenvalue weighted by Crippen LogP contribution is 2.34. The lowest BCUT2D eigenvalue weighted by Gasteiger charge is -2.17. The first-order valence-electron chi connectivity index (χ1n) is 10.5. The number of nitrogens with zero attached hydrogens (tertiary/aromatic N) is 1. The third-order valence-corrected chi connectivity index (χ3v) is 5.17. The van der Waals surface area contributed by atoms with Crippen LogP contribution in [0.15, 0.2) is 66.7 Å². The van der Waals surface area contributed by atoms with E-state index in [1.165, 1.54) is 4.90 Å². The lowest BCUT2D eigenvalue weighted by Crippen LogP contribution is -2.29. The van der Waals surface area contributed by atoms with Gasteiger partial charge in [-0.15, -0.1) is 0 Å². The molecule has 2 amide bonds. The zero-order valence-electron chi connectivity index (χ0n) is 17.6. The molecule has 4 N–H and O–H groups in total. The summed E-state index contributed by atoms with van der Waals surface area (Å²) in [5, 5.41) is 0. The van der Waals surface area contributed by atoms with E-state index in [9.17, 15) is 9.59 Å². The molecule has 0 aromatic heterocycles. The van der Waals surface area contributed by atoms with Gasteiger partial charge in [0.25, 0.3) is 11.8 Å². The second-order valence-electron chi connectivity index (χ2n) is 7.37. The van der Waals surface area contributed by atoms with E-state index in [1.54, 1.807) is 24.3 Å². The van der Waals surface area contributed by atoms with Crippen molar-refractivity contribution in [2.24, 2.45) is 11.5 Å². The molecule has 0 spiro atoms. The fraction of sp³-hybridized carbons (Fsp3) is 0.200. The van der Waals surface area contributed by atoms with E-state index >= 15 is 0 Å². The molecule has 1 aliphatic rings. The van der Waals surface area contributed by atoms with Crippen LogP contribution in [0.3, 0.4) is 0 Å².